The number of nitrogens with one attached hydrogen (secondary N) is 2. The lowest BCUT2D eigenvalue weighted by molar-refractivity contribution is -0.123. The molecular formula is C21H31N3O4S. The molecule has 0 aliphatic heterocycles. The molecule has 0 aliphatic carbocycles. The first-order valence-corrected chi connectivity index (χ1v) is 10.8. The molecule has 2 rings (SSSR count). The minimum atomic E-state index is -0.352. The molecule has 8 heteroatoms. The SMILES string of the molecule is CC.CCCC(C)NC(=O)c1onc(OCC(=O)NCC)c1Sc1ccccc1. The van der Waals surface area contributed by atoms with E-state index in [4.69, 9.17) is 9.26 Å². The largest absolute Gasteiger partial charge is 0.465 e. The molecule has 2 aromatic rings. The highest BCUT2D eigenvalue weighted by atomic mass is 32.2. The Morgan fingerprint density at radius 2 is 1.90 bits per heavy atom. The van der Waals surface area contributed by atoms with Crippen molar-refractivity contribution in [3.8, 4) is 5.88 Å². The minimum Gasteiger partial charge on any atom is -0.465 e. The molecule has 1 aromatic heterocycles. The third-order valence-electron chi connectivity index (χ3n) is 3.60. The third kappa shape index (κ3) is 8.19. The van der Waals surface area contributed by atoms with Gasteiger partial charge in [-0.3, -0.25) is 9.59 Å². The molecule has 160 valence electrons. The van der Waals surface area contributed by atoms with E-state index in [0.717, 1.165) is 17.7 Å². The van der Waals surface area contributed by atoms with Crippen molar-refractivity contribution in [1.82, 2.24) is 15.8 Å². The molecule has 1 aromatic carbocycles. The van der Waals surface area contributed by atoms with Crippen LogP contribution in [0, 0.1) is 0 Å². The number of nitrogens with zero attached hydrogens (tertiary/aromatic N) is 1. The number of likely N-dealkylation sites (N-methyl/N-ethyl adjacent to an activating group) is 1. The molecule has 0 fully saturated rings. The Labute approximate surface area is 176 Å². The van der Waals surface area contributed by atoms with Gasteiger partial charge in [0.05, 0.1) is 0 Å². The van der Waals surface area contributed by atoms with Crippen molar-refractivity contribution < 1.29 is 18.8 Å². The van der Waals surface area contributed by atoms with Crippen LogP contribution in [0.5, 0.6) is 5.88 Å². The highest BCUT2D eigenvalue weighted by Crippen LogP contribution is 2.37. The van der Waals surface area contributed by atoms with Crippen LogP contribution in [0.1, 0.15) is 58.0 Å². The number of ether oxygens (including phenoxy) is 1. The second-order valence-corrected chi connectivity index (χ2v) is 7.05. The topological polar surface area (TPSA) is 93.5 Å². The van der Waals surface area contributed by atoms with Gasteiger partial charge in [-0.2, -0.15) is 0 Å². The summed E-state index contributed by atoms with van der Waals surface area (Å²) >= 11 is 1.31. The van der Waals surface area contributed by atoms with Gasteiger partial charge in [0.1, 0.15) is 4.90 Å². The summed E-state index contributed by atoms with van der Waals surface area (Å²) in [6, 6.07) is 9.54. The van der Waals surface area contributed by atoms with Crippen LogP contribution in [0.25, 0.3) is 0 Å². The Bertz CT molecular complexity index is 750. The van der Waals surface area contributed by atoms with Crippen LogP contribution in [0.3, 0.4) is 0 Å². The number of amides is 2. The second kappa shape index (κ2) is 13.7. The molecule has 2 N–H and O–H groups in total. The van der Waals surface area contributed by atoms with E-state index in [1.807, 2.05) is 58.0 Å². The minimum absolute atomic E-state index is 0.0156. The van der Waals surface area contributed by atoms with Crippen LogP contribution >= 0.6 is 11.8 Å². The number of benzene rings is 1. The zero-order valence-corrected chi connectivity index (χ0v) is 18.6. The molecule has 0 aliphatic rings. The molecule has 0 spiro atoms. The van der Waals surface area contributed by atoms with Gasteiger partial charge in [-0.15, -0.1) is 0 Å². The molecule has 0 radical (unpaired) electrons. The van der Waals surface area contributed by atoms with Gasteiger partial charge in [-0.05, 0) is 37.6 Å². The van der Waals surface area contributed by atoms with Crippen molar-refractivity contribution in [2.45, 2.75) is 63.3 Å². The number of carbonyl (C=O) groups is 2. The Kier molecular flexibility index (Phi) is 11.6. The summed E-state index contributed by atoms with van der Waals surface area (Å²) < 4.78 is 10.8. The molecule has 0 saturated heterocycles. The van der Waals surface area contributed by atoms with E-state index in [-0.39, 0.29) is 36.1 Å². The van der Waals surface area contributed by atoms with Crippen LogP contribution in [0.2, 0.25) is 0 Å². The molecule has 1 atom stereocenters. The summed E-state index contributed by atoms with van der Waals surface area (Å²) in [5.41, 5.74) is 0. The monoisotopic (exact) mass is 421 g/mol. The predicted octanol–water partition coefficient (Wildman–Crippen LogP) is 4.29. The maximum Gasteiger partial charge on any atom is 0.291 e. The van der Waals surface area contributed by atoms with Crippen LogP contribution < -0.4 is 15.4 Å². The summed E-state index contributed by atoms with van der Waals surface area (Å²) in [7, 11) is 0. The molecule has 0 bridgehead atoms. The smallest absolute Gasteiger partial charge is 0.291 e. The van der Waals surface area contributed by atoms with E-state index >= 15 is 0 Å². The van der Waals surface area contributed by atoms with E-state index < -0.39 is 0 Å². The summed E-state index contributed by atoms with van der Waals surface area (Å²) in [6.07, 6.45) is 1.83. The van der Waals surface area contributed by atoms with Crippen LogP contribution in [-0.2, 0) is 4.79 Å². The van der Waals surface area contributed by atoms with E-state index in [2.05, 4.69) is 22.7 Å². The number of rotatable bonds is 10. The Balaban J connectivity index is 0.00000204. The normalized spacial score (nSPS) is 11.1. The van der Waals surface area contributed by atoms with E-state index in [1.54, 1.807) is 0 Å². The van der Waals surface area contributed by atoms with Crippen LogP contribution in [0.4, 0.5) is 0 Å². The van der Waals surface area contributed by atoms with Gasteiger partial charge in [-0.25, -0.2) is 0 Å². The average molecular weight is 422 g/mol. The lowest BCUT2D eigenvalue weighted by atomic mass is 10.2. The highest BCUT2D eigenvalue weighted by Gasteiger charge is 2.26. The van der Waals surface area contributed by atoms with Crippen LogP contribution in [0.15, 0.2) is 44.6 Å². The maximum atomic E-state index is 12.6. The van der Waals surface area contributed by atoms with Crippen molar-refractivity contribution in [3.63, 3.8) is 0 Å². The first kappa shape index (κ1) is 24.6. The van der Waals surface area contributed by atoms with Gasteiger partial charge in [0.15, 0.2) is 6.61 Å². The van der Waals surface area contributed by atoms with Gasteiger partial charge in [0.2, 0.25) is 5.76 Å². The number of hydrogen-bond acceptors (Lipinski definition) is 6. The zero-order chi connectivity index (χ0) is 21.6. The van der Waals surface area contributed by atoms with Gasteiger partial charge in [0, 0.05) is 17.5 Å². The summed E-state index contributed by atoms with van der Waals surface area (Å²) in [6.45, 7) is 10.1. The second-order valence-electron chi connectivity index (χ2n) is 5.97. The van der Waals surface area contributed by atoms with Crippen molar-refractivity contribution >= 4 is 23.6 Å². The van der Waals surface area contributed by atoms with Crippen molar-refractivity contribution in [3.05, 3.63) is 36.1 Å². The molecule has 1 unspecified atom stereocenters. The lowest BCUT2D eigenvalue weighted by Gasteiger charge is -2.11. The van der Waals surface area contributed by atoms with Gasteiger partial charge in [-0.1, -0.05) is 57.2 Å². The molecule has 29 heavy (non-hydrogen) atoms. The lowest BCUT2D eigenvalue weighted by Crippen LogP contribution is -2.32. The fourth-order valence-corrected chi connectivity index (χ4v) is 3.31. The number of carbonyl (C=O) groups excluding carboxylic acids is 2. The maximum absolute atomic E-state index is 12.6. The average Bonchev–Trinajstić information content (AvgIpc) is 3.11. The quantitative estimate of drug-likeness (QED) is 0.595. The molecule has 7 nitrogen and oxygen atoms in total. The molecule has 0 saturated carbocycles. The van der Waals surface area contributed by atoms with Crippen molar-refractivity contribution in [2.24, 2.45) is 0 Å². The van der Waals surface area contributed by atoms with Crippen LogP contribution in [-0.4, -0.2) is 36.2 Å². The Hall–Kier alpha value is -2.48. The molecule has 1 heterocycles. The van der Waals surface area contributed by atoms with Gasteiger partial charge < -0.3 is 19.9 Å². The molecule has 2 amide bonds. The predicted molar refractivity (Wildman–Crippen MR) is 114 cm³/mol. The van der Waals surface area contributed by atoms with Gasteiger partial charge in [0.25, 0.3) is 17.7 Å². The number of aromatic nitrogens is 1. The van der Waals surface area contributed by atoms with E-state index in [0.29, 0.717) is 11.4 Å². The fraction of sp³-hybridized carbons (Fsp3) is 0.476. The van der Waals surface area contributed by atoms with Gasteiger partial charge >= 0.3 is 0 Å². The van der Waals surface area contributed by atoms with E-state index in [9.17, 15) is 9.59 Å². The summed E-state index contributed by atoms with van der Waals surface area (Å²) in [5.74, 6) is -0.408. The first-order chi connectivity index (χ1) is 14.0. The summed E-state index contributed by atoms with van der Waals surface area (Å²) in [5, 5.41) is 9.41. The third-order valence-corrected chi connectivity index (χ3v) is 4.67. The Morgan fingerprint density at radius 1 is 1.21 bits per heavy atom. The fourth-order valence-electron chi connectivity index (χ4n) is 2.38. The van der Waals surface area contributed by atoms with E-state index in [1.165, 1.54) is 11.8 Å². The van der Waals surface area contributed by atoms with Crippen molar-refractivity contribution in [2.75, 3.05) is 13.2 Å². The Morgan fingerprint density at radius 3 is 2.52 bits per heavy atom. The zero-order valence-electron chi connectivity index (χ0n) is 17.8. The van der Waals surface area contributed by atoms with Crippen molar-refractivity contribution in [1.29, 1.82) is 0 Å². The standard InChI is InChI=1S/C19H25N3O4S.C2H6/c1-4-9-13(3)21-18(24)16-17(27-14-10-7-6-8-11-14)19(22-26-16)25-12-15(23)20-5-2;1-2/h6-8,10-11,13H,4-5,9,12H2,1-3H3,(H,20,23)(H,21,24);1-2H3. The molecular weight excluding hydrogens is 390 g/mol. The first-order valence-electron chi connectivity index (χ1n) is 9.98. The number of hydrogen-bond donors (Lipinski definition) is 2. The highest BCUT2D eigenvalue weighted by molar-refractivity contribution is 7.99. The summed E-state index contributed by atoms with van der Waals surface area (Å²) in [4.78, 5) is 25.6.